The summed E-state index contributed by atoms with van der Waals surface area (Å²) in [7, 11) is 0. The van der Waals surface area contributed by atoms with Crippen LogP contribution in [0.1, 0.15) is 30.8 Å². The van der Waals surface area contributed by atoms with E-state index in [2.05, 4.69) is 69.3 Å². The first-order valence-electron chi connectivity index (χ1n) is 6.57. The number of rotatable bonds is 5. The van der Waals surface area contributed by atoms with Crippen LogP contribution in [0.25, 0.3) is 0 Å². The summed E-state index contributed by atoms with van der Waals surface area (Å²) in [6.45, 7) is 5.02. The lowest BCUT2D eigenvalue weighted by atomic mass is 10.1. The molecule has 0 saturated heterocycles. The number of benzene rings is 1. The van der Waals surface area contributed by atoms with Crippen LogP contribution < -0.4 is 5.32 Å². The fourth-order valence-electron chi connectivity index (χ4n) is 1.97. The average molecular weight is 320 g/mol. The molecule has 1 heterocycles. The topological polar surface area (TPSA) is 37.8 Å². The van der Waals surface area contributed by atoms with Crippen LogP contribution in [0.15, 0.2) is 34.9 Å². The molecule has 0 aliphatic carbocycles. The minimum absolute atomic E-state index is 0.788. The molecule has 0 aliphatic heterocycles. The zero-order chi connectivity index (χ0) is 13.7. The van der Waals surface area contributed by atoms with Crippen molar-refractivity contribution in [3.63, 3.8) is 0 Å². The second-order valence-electron chi connectivity index (χ2n) is 4.32. The van der Waals surface area contributed by atoms with Crippen LogP contribution in [0.2, 0.25) is 0 Å². The number of aromatic nitrogens is 2. The molecule has 0 spiro atoms. The van der Waals surface area contributed by atoms with E-state index in [1.54, 1.807) is 0 Å². The Morgan fingerprint density at radius 3 is 2.47 bits per heavy atom. The molecule has 1 N–H and O–H groups in total. The van der Waals surface area contributed by atoms with E-state index in [-0.39, 0.29) is 0 Å². The fourth-order valence-corrected chi connectivity index (χ4v) is 2.40. The van der Waals surface area contributed by atoms with Gasteiger partial charge in [0.2, 0.25) is 0 Å². The summed E-state index contributed by atoms with van der Waals surface area (Å²) in [4.78, 5) is 8.78. The molecule has 0 fully saturated rings. The predicted octanol–water partition coefficient (Wildman–Crippen LogP) is 3.98. The first-order valence-corrected chi connectivity index (χ1v) is 7.36. The number of aryl methyl sites for hydroxylation is 2. The Morgan fingerprint density at radius 1 is 1.05 bits per heavy atom. The molecule has 0 saturated carbocycles. The van der Waals surface area contributed by atoms with E-state index in [1.165, 1.54) is 11.1 Å². The Morgan fingerprint density at radius 2 is 1.79 bits per heavy atom. The van der Waals surface area contributed by atoms with E-state index in [9.17, 15) is 0 Å². The molecule has 0 radical (unpaired) electrons. The van der Waals surface area contributed by atoms with Gasteiger partial charge in [-0.25, -0.2) is 9.97 Å². The van der Waals surface area contributed by atoms with Gasteiger partial charge in [-0.05, 0) is 33.5 Å². The van der Waals surface area contributed by atoms with Crippen LogP contribution in [-0.4, -0.2) is 9.97 Å². The number of hydrogen-bond donors (Lipinski definition) is 1. The molecule has 0 amide bonds. The van der Waals surface area contributed by atoms with Crippen molar-refractivity contribution in [2.75, 3.05) is 5.32 Å². The number of nitrogens with zero attached hydrogens (tertiary/aromatic N) is 2. The number of halogens is 1. The molecule has 1 aromatic heterocycles. The Balaban J connectivity index is 2.12. The second kappa shape index (κ2) is 6.66. The summed E-state index contributed by atoms with van der Waals surface area (Å²) in [5.41, 5.74) is 2.69. The Bertz CT molecular complexity index is 555. The molecule has 4 heteroatoms. The summed E-state index contributed by atoms with van der Waals surface area (Å²) >= 11 is 3.42. The molecule has 19 heavy (non-hydrogen) atoms. The van der Waals surface area contributed by atoms with Crippen LogP contribution in [0.5, 0.6) is 0 Å². The summed E-state index contributed by atoms with van der Waals surface area (Å²) in [6.07, 6.45) is 1.88. The van der Waals surface area contributed by atoms with Crippen molar-refractivity contribution in [1.29, 1.82) is 0 Å². The van der Waals surface area contributed by atoms with Gasteiger partial charge in [0.1, 0.15) is 16.2 Å². The number of hydrogen-bond acceptors (Lipinski definition) is 3. The van der Waals surface area contributed by atoms with E-state index < -0.39 is 0 Å². The van der Waals surface area contributed by atoms with E-state index in [4.69, 9.17) is 0 Å². The molecular formula is C15H18BrN3. The fraction of sp³-hybridized carbons (Fsp3) is 0.333. The minimum Gasteiger partial charge on any atom is -0.366 e. The molecule has 2 aromatic rings. The lowest BCUT2D eigenvalue weighted by Crippen LogP contribution is -2.06. The maximum atomic E-state index is 4.47. The predicted molar refractivity (Wildman–Crippen MR) is 82.3 cm³/mol. The van der Waals surface area contributed by atoms with Gasteiger partial charge < -0.3 is 5.32 Å². The quantitative estimate of drug-likeness (QED) is 0.847. The van der Waals surface area contributed by atoms with E-state index in [1.807, 2.05) is 6.07 Å². The maximum absolute atomic E-state index is 4.47. The third-order valence-corrected chi connectivity index (χ3v) is 3.42. The smallest absolute Gasteiger partial charge is 0.131 e. The molecule has 3 nitrogen and oxygen atoms in total. The van der Waals surface area contributed by atoms with Crippen molar-refractivity contribution < 1.29 is 0 Å². The molecule has 100 valence electrons. The van der Waals surface area contributed by atoms with Crippen LogP contribution in [0, 0.1) is 0 Å². The van der Waals surface area contributed by atoms with Crippen molar-refractivity contribution in [3.05, 3.63) is 51.9 Å². The highest BCUT2D eigenvalue weighted by Gasteiger charge is 2.03. The normalized spacial score (nSPS) is 10.5. The van der Waals surface area contributed by atoms with Gasteiger partial charge in [-0.2, -0.15) is 0 Å². The third kappa shape index (κ3) is 3.77. The van der Waals surface area contributed by atoms with Crippen LogP contribution in [0.3, 0.4) is 0 Å². The van der Waals surface area contributed by atoms with Crippen LogP contribution >= 0.6 is 15.9 Å². The molecule has 1 aromatic carbocycles. The molecule has 0 unspecified atom stereocenters. The standard InChI is InChI=1S/C15H18BrN3/c1-3-11-7-5-6-8-12(11)10-17-15-9-13(16)18-14(4-2)19-15/h5-9H,3-4,10H2,1-2H3,(H,17,18,19). The van der Waals surface area contributed by atoms with Crippen molar-refractivity contribution in [2.24, 2.45) is 0 Å². The van der Waals surface area contributed by atoms with Crippen LogP contribution in [-0.2, 0) is 19.4 Å². The third-order valence-electron chi connectivity index (χ3n) is 3.02. The van der Waals surface area contributed by atoms with Gasteiger partial charge in [0, 0.05) is 19.0 Å². The van der Waals surface area contributed by atoms with Gasteiger partial charge in [-0.15, -0.1) is 0 Å². The highest BCUT2D eigenvalue weighted by Crippen LogP contribution is 2.15. The lowest BCUT2D eigenvalue weighted by molar-refractivity contribution is 0.919. The zero-order valence-electron chi connectivity index (χ0n) is 11.3. The average Bonchev–Trinajstić information content (AvgIpc) is 2.44. The van der Waals surface area contributed by atoms with E-state index in [0.717, 1.165) is 35.6 Å². The summed E-state index contributed by atoms with van der Waals surface area (Å²) in [5, 5.41) is 3.37. The molecular weight excluding hydrogens is 302 g/mol. The Kier molecular flexibility index (Phi) is 4.91. The van der Waals surface area contributed by atoms with E-state index >= 15 is 0 Å². The maximum Gasteiger partial charge on any atom is 0.131 e. The Labute approximate surface area is 122 Å². The number of nitrogens with one attached hydrogen (secondary N) is 1. The van der Waals surface area contributed by atoms with Gasteiger partial charge in [0.15, 0.2) is 0 Å². The first kappa shape index (κ1) is 14.0. The van der Waals surface area contributed by atoms with Crippen LogP contribution in [0.4, 0.5) is 5.82 Å². The molecule has 0 bridgehead atoms. The second-order valence-corrected chi connectivity index (χ2v) is 5.13. The highest BCUT2D eigenvalue weighted by atomic mass is 79.9. The summed E-state index contributed by atoms with van der Waals surface area (Å²) < 4.78 is 0.825. The monoisotopic (exact) mass is 319 g/mol. The largest absolute Gasteiger partial charge is 0.366 e. The van der Waals surface area contributed by atoms with Crippen molar-refractivity contribution in [3.8, 4) is 0 Å². The first-order chi connectivity index (χ1) is 9.22. The number of anilines is 1. The van der Waals surface area contributed by atoms with Crippen molar-refractivity contribution in [1.82, 2.24) is 9.97 Å². The SMILES string of the molecule is CCc1nc(Br)cc(NCc2ccccc2CC)n1. The van der Waals surface area contributed by atoms with Crippen molar-refractivity contribution >= 4 is 21.7 Å². The molecule has 0 aliphatic rings. The zero-order valence-corrected chi connectivity index (χ0v) is 12.9. The minimum atomic E-state index is 0.788. The Hall–Kier alpha value is -1.42. The molecule has 0 atom stereocenters. The lowest BCUT2D eigenvalue weighted by Gasteiger charge is -2.10. The van der Waals surface area contributed by atoms with Gasteiger partial charge in [0.05, 0.1) is 0 Å². The summed E-state index contributed by atoms with van der Waals surface area (Å²) in [5.74, 6) is 1.71. The van der Waals surface area contributed by atoms with Gasteiger partial charge in [-0.3, -0.25) is 0 Å². The highest BCUT2D eigenvalue weighted by molar-refractivity contribution is 9.10. The van der Waals surface area contributed by atoms with Crippen molar-refractivity contribution in [2.45, 2.75) is 33.2 Å². The molecule has 2 rings (SSSR count). The van der Waals surface area contributed by atoms with Gasteiger partial charge in [0.25, 0.3) is 0 Å². The summed E-state index contributed by atoms with van der Waals surface area (Å²) in [6, 6.07) is 10.4. The van der Waals surface area contributed by atoms with Gasteiger partial charge >= 0.3 is 0 Å². The van der Waals surface area contributed by atoms with E-state index in [0.29, 0.717) is 0 Å². The van der Waals surface area contributed by atoms with Gasteiger partial charge in [-0.1, -0.05) is 38.1 Å².